The molecule has 0 amide bonds. The van der Waals surface area contributed by atoms with Crippen LogP contribution in [0.15, 0.2) is 6.07 Å². The molecule has 1 atom stereocenters. The summed E-state index contributed by atoms with van der Waals surface area (Å²) in [6.45, 7) is 0.844. The first-order chi connectivity index (χ1) is 7.86. The third-order valence-corrected chi connectivity index (χ3v) is 4.46. The van der Waals surface area contributed by atoms with E-state index in [4.69, 9.17) is 5.73 Å². The minimum atomic E-state index is 0.711. The fraction of sp³-hybridized carbons (Fsp3) is 0.714. The van der Waals surface area contributed by atoms with Crippen molar-refractivity contribution in [3.8, 4) is 0 Å². The highest BCUT2D eigenvalue weighted by molar-refractivity contribution is 5.30. The van der Waals surface area contributed by atoms with Crippen molar-refractivity contribution in [1.82, 2.24) is 4.98 Å². The second kappa shape index (κ2) is 4.25. The quantitative estimate of drug-likeness (QED) is 0.787. The Bertz CT molecular complexity index is 361. The molecule has 3 N–H and O–H groups in total. The maximum atomic E-state index is 5.78. The Morgan fingerprint density at radius 2 is 2.06 bits per heavy atom. The summed E-state index contributed by atoms with van der Waals surface area (Å²) in [6.07, 6.45) is 9.31. The Morgan fingerprint density at radius 3 is 2.81 bits per heavy atom. The van der Waals surface area contributed by atoms with Gasteiger partial charge in [0.2, 0.25) is 0 Å². The molecular formula is C14H22N2. The van der Waals surface area contributed by atoms with Gasteiger partial charge in [-0.15, -0.1) is 0 Å². The van der Waals surface area contributed by atoms with Crippen molar-refractivity contribution in [2.75, 3.05) is 6.54 Å². The second-order valence-corrected chi connectivity index (χ2v) is 5.55. The molecule has 1 aromatic heterocycles. The first kappa shape index (κ1) is 10.4. The van der Waals surface area contributed by atoms with Crippen LogP contribution >= 0.6 is 0 Å². The second-order valence-electron chi connectivity index (χ2n) is 5.55. The van der Waals surface area contributed by atoms with Crippen molar-refractivity contribution in [2.45, 2.75) is 50.9 Å². The van der Waals surface area contributed by atoms with Gasteiger partial charge in [-0.1, -0.05) is 12.8 Å². The lowest BCUT2D eigenvalue weighted by Gasteiger charge is -2.20. The molecule has 2 aliphatic carbocycles. The SMILES string of the molecule is NCC1CCc2cc(C3CCCC3)[nH]c2C1. The molecule has 3 rings (SSSR count). The number of nitrogens with one attached hydrogen (secondary N) is 1. The van der Waals surface area contributed by atoms with E-state index in [0.717, 1.165) is 12.5 Å². The van der Waals surface area contributed by atoms with Crippen molar-refractivity contribution in [2.24, 2.45) is 11.7 Å². The van der Waals surface area contributed by atoms with E-state index in [0.29, 0.717) is 5.92 Å². The van der Waals surface area contributed by atoms with Crippen molar-refractivity contribution >= 4 is 0 Å². The Morgan fingerprint density at radius 1 is 1.25 bits per heavy atom. The van der Waals surface area contributed by atoms with Crippen LogP contribution in [0.3, 0.4) is 0 Å². The minimum absolute atomic E-state index is 0.711. The molecule has 0 aliphatic heterocycles. The molecule has 1 aromatic rings. The van der Waals surface area contributed by atoms with E-state index >= 15 is 0 Å². The van der Waals surface area contributed by atoms with E-state index < -0.39 is 0 Å². The first-order valence-electron chi connectivity index (χ1n) is 6.77. The number of nitrogens with two attached hydrogens (primary N) is 1. The number of aromatic amines is 1. The van der Waals surface area contributed by atoms with Gasteiger partial charge in [0.05, 0.1) is 0 Å². The summed E-state index contributed by atoms with van der Waals surface area (Å²) in [5, 5.41) is 0. The minimum Gasteiger partial charge on any atom is -0.362 e. The Balaban J connectivity index is 1.80. The maximum Gasteiger partial charge on any atom is 0.0185 e. The summed E-state index contributed by atoms with van der Waals surface area (Å²) in [4.78, 5) is 3.68. The van der Waals surface area contributed by atoms with Crippen LogP contribution in [0.2, 0.25) is 0 Å². The van der Waals surface area contributed by atoms with Crippen molar-refractivity contribution < 1.29 is 0 Å². The van der Waals surface area contributed by atoms with Gasteiger partial charge in [0, 0.05) is 11.4 Å². The van der Waals surface area contributed by atoms with Gasteiger partial charge in [-0.25, -0.2) is 0 Å². The van der Waals surface area contributed by atoms with E-state index in [1.807, 2.05) is 0 Å². The summed E-state index contributed by atoms with van der Waals surface area (Å²) in [6, 6.07) is 2.44. The lowest BCUT2D eigenvalue weighted by Crippen LogP contribution is -2.21. The number of hydrogen-bond acceptors (Lipinski definition) is 1. The molecule has 1 saturated carbocycles. The van der Waals surface area contributed by atoms with Crippen molar-refractivity contribution in [3.63, 3.8) is 0 Å². The Kier molecular flexibility index (Phi) is 2.76. The number of aryl methyl sites for hydroxylation is 1. The highest BCUT2D eigenvalue weighted by atomic mass is 14.8. The van der Waals surface area contributed by atoms with Crippen LogP contribution in [0.25, 0.3) is 0 Å². The zero-order chi connectivity index (χ0) is 11.0. The van der Waals surface area contributed by atoms with E-state index in [1.165, 1.54) is 56.3 Å². The smallest absolute Gasteiger partial charge is 0.0185 e. The molecule has 1 fully saturated rings. The molecule has 2 nitrogen and oxygen atoms in total. The third-order valence-electron chi connectivity index (χ3n) is 4.46. The molecule has 1 heterocycles. The lowest BCUT2D eigenvalue weighted by molar-refractivity contribution is 0.464. The third kappa shape index (κ3) is 1.80. The van der Waals surface area contributed by atoms with Gasteiger partial charge in [-0.3, -0.25) is 0 Å². The van der Waals surface area contributed by atoms with Gasteiger partial charge in [-0.2, -0.15) is 0 Å². The molecule has 1 unspecified atom stereocenters. The fourth-order valence-electron chi connectivity index (χ4n) is 3.38. The van der Waals surface area contributed by atoms with Gasteiger partial charge >= 0.3 is 0 Å². The first-order valence-corrected chi connectivity index (χ1v) is 6.77. The molecule has 0 aromatic carbocycles. The average Bonchev–Trinajstić information content (AvgIpc) is 2.96. The number of rotatable bonds is 2. The maximum absolute atomic E-state index is 5.78. The summed E-state index contributed by atoms with van der Waals surface area (Å²) in [7, 11) is 0. The molecule has 0 bridgehead atoms. The lowest BCUT2D eigenvalue weighted by atomic mass is 9.88. The molecule has 0 radical (unpaired) electrons. The van der Waals surface area contributed by atoms with E-state index in [9.17, 15) is 0 Å². The molecule has 0 spiro atoms. The van der Waals surface area contributed by atoms with Crippen LogP contribution in [0.5, 0.6) is 0 Å². The zero-order valence-corrected chi connectivity index (χ0v) is 9.97. The van der Waals surface area contributed by atoms with Gasteiger partial charge in [0.1, 0.15) is 0 Å². The fourth-order valence-corrected chi connectivity index (χ4v) is 3.38. The van der Waals surface area contributed by atoms with Crippen LogP contribution in [0.4, 0.5) is 0 Å². The number of hydrogen-bond donors (Lipinski definition) is 2. The van der Waals surface area contributed by atoms with Gasteiger partial charge in [0.25, 0.3) is 0 Å². The van der Waals surface area contributed by atoms with Gasteiger partial charge in [0.15, 0.2) is 0 Å². The highest BCUT2D eigenvalue weighted by Gasteiger charge is 2.24. The Hall–Kier alpha value is -0.760. The molecule has 2 aliphatic rings. The number of H-pyrrole nitrogens is 1. The highest BCUT2D eigenvalue weighted by Crippen LogP contribution is 2.36. The van der Waals surface area contributed by atoms with Crippen molar-refractivity contribution in [3.05, 3.63) is 23.0 Å². The number of aromatic nitrogens is 1. The monoisotopic (exact) mass is 218 g/mol. The van der Waals surface area contributed by atoms with E-state index in [2.05, 4.69) is 11.1 Å². The molecule has 16 heavy (non-hydrogen) atoms. The van der Waals surface area contributed by atoms with Crippen LogP contribution in [0, 0.1) is 5.92 Å². The van der Waals surface area contributed by atoms with Gasteiger partial charge in [-0.05, 0) is 62.1 Å². The van der Waals surface area contributed by atoms with E-state index in [1.54, 1.807) is 5.56 Å². The zero-order valence-electron chi connectivity index (χ0n) is 9.97. The van der Waals surface area contributed by atoms with Crippen LogP contribution in [-0.4, -0.2) is 11.5 Å². The van der Waals surface area contributed by atoms with E-state index in [-0.39, 0.29) is 0 Å². The summed E-state index contributed by atoms with van der Waals surface area (Å²) in [5.41, 5.74) is 10.4. The topological polar surface area (TPSA) is 41.8 Å². The average molecular weight is 218 g/mol. The van der Waals surface area contributed by atoms with Crippen LogP contribution in [0.1, 0.15) is 55.0 Å². The predicted molar refractivity (Wildman–Crippen MR) is 66.6 cm³/mol. The molecule has 2 heteroatoms. The molecular weight excluding hydrogens is 196 g/mol. The van der Waals surface area contributed by atoms with Crippen molar-refractivity contribution in [1.29, 1.82) is 0 Å². The van der Waals surface area contributed by atoms with Gasteiger partial charge < -0.3 is 10.7 Å². The number of fused-ring (bicyclic) bond motifs is 1. The van der Waals surface area contributed by atoms with Crippen LogP contribution in [-0.2, 0) is 12.8 Å². The Labute approximate surface area is 97.6 Å². The van der Waals surface area contributed by atoms with Crippen LogP contribution < -0.4 is 5.73 Å². The standard InChI is InChI=1S/C14H22N2/c15-9-10-5-6-12-8-14(16-13(12)7-10)11-3-1-2-4-11/h8,10-11,16H,1-7,9,15H2. The molecule has 88 valence electrons. The predicted octanol–water partition coefficient (Wildman–Crippen LogP) is 2.74. The summed E-state index contributed by atoms with van der Waals surface area (Å²) in [5.74, 6) is 1.53. The largest absolute Gasteiger partial charge is 0.362 e. The summed E-state index contributed by atoms with van der Waals surface area (Å²) >= 11 is 0. The normalized spacial score (nSPS) is 25.9. The summed E-state index contributed by atoms with van der Waals surface area (Å²) < 4.78 is 0. The molecule has 0 saturated heterocycles.